The Morgan fingerprint density at radius 3 is 2.38 bits per heavy atom. The van der Waals surface area contributed by atoms with E-state index in [2.05, 4.69) is 15.9 Å². The predicted molar refractivity (Wildman–Crippen MR) is 79.1 cm³/mol. The molecule has 0 radical (unpaired) electrons. The second kappa shape index (κ2) is 6.54. The lowest BCUT2D eigenvalue weighted by molar-refractivity contribution is -0.137. The zero-order valence-corrected chi connectivity index (χ0v) is 14.1. The fraction of sp³-hybridized carbons (Fsp3) is 0.333. The van der Waals surface area contributed by atoms with E-state index in [-0.39, 0.29) is 16.4 Å². The average molecular weight is 379 g/mol. The number of likely N-dealkylation sites (N-methyl/N-ethyl adjacent to an activating group) is 1. The summed E-state index contributed by atoms with van der Waals surface area (Å²) in [6.45, 7) is 1.43. The van der Waals surface area contributed by atoms with Crippen molar-refractivity contribution in [1.82, 2.24) is 4.90 Å². The minimum Gasteiger partial charge on any atom is -0.449 e. The Balaban J connectivity index is 3.05. The lowest BCUT2D eigenvalue weighted by Gasteiger charge is -2.17. The first-order chi connectivity index (χ1) is 9.54. The monoisotopic (exact) mass is 378 g/mol. The van der Waals surface area contributed by atoms with Crippen molar-refractivity contribution in [3.8, 4) is 0 Å². The summed E-state index contributed by atoms with van der Waals surface area (Å²) in [6.07, 6.45) is -0.988. The molecule has 0 heterocycles. The summed E-state index contributed by atoms with van der Waals surface area (Å²) in [5.41, 5.74) is -0.0278. The molecule has 7 nitrogen and oxygen atoms in total. The van der Waals surface area contributed by atoms with Gasteiger partial charge >= 0.3 is 5.97 Å². The van der Waals surface area contributed by atoms with Crippen LogP contribution in [0.5, 0.6) is 0 Å². The number of nitrogens with zero attached hydrogens (tertiary/aromatic N) is 1. The highest BCUT2D eigenvalue weighted by Crippen LogP contribution is 2.22. The Bertz CT molecular complexity index is 672. The Morgan fingerprint density at radius 1 is 1.33 bits per heavy atom. The maximum Gasteiger partial charge on any atom is 0.340 e. The van der Waals surface area contributed by atoms with Gasteiger partial charge in [0.05, 0.1) is 10.5 Å². The number of hydrogen-bond acceptors (Lipinski definition) is 5. The third kappa shape index (κ3) is 4.51. The number of rotatable bonds is 4. The number of hydrogen-bond donors (Lipinski definition) is 1. The van der Waals surface area contributed by atoms with Gasteiger partial charge in [-0.25, -0.2) is 18.4 Å². The van der Waals surface area contributed by atoms with Crippen LogP contribution in [0.3, 0.4) is 0 Å². The fourth-order valence-corrected chi connectivity index (χ4v) is 2.42. The highest BCUT2D eigenvalue weighted by molar-refractivity contribution is 9.10. The fourth-order valence-electron chi connectivity index (χ4n) is 1.48. The van der Waals surface area contributed by atoms with E-state index in [1.54, 1.807) is 0 Å². The van der Waals surface area contributed by atoms with Crippen LogP contribution in [0.4, 0.5) is 0 Å². The topological polar surface area (TPSA) is 107 Å². The van der Waals surface area contributed by atoms with E-state index in [9.17, 15) is 18.0 Å². The van der Waals surface area contributed by atoms with Crippen LogP contribution in [0.15, 0.2) is 27.6 Å². The Hall–Kier alpha value is -1.45. The summed E-state index contributed by atoms with van der Waals surface area (Å²) in [4.78, 5) is 24.7. The van der Waals surface area contributed by atoms with Gasteiger partial charge in [-0.3, -0.25) is 4.79 Å². The van der Waals surface area contributed by atoms with E-state index >= 15 is 0 Å². The first-order valence-corrected chi connectivity index (χ1v) is 8.12. The van der Waals surface area contributed by atoms with Gasteiger partial charge in [0.1, 0.15) is 0 Å². The number of ether oxygens (including phenoxy) is 1. The first-order valence-electron chi connectivity index (χ1n) is 5.78. The molecule has 0 bridgehead atoms. The molecule has 0 aliphatic heterocycles. The van der Waals surface area contributed by atoms with Crippen LogP contribution >= 0.6 is 15.9 Å². The zero-order valence-electron chi connectivity index (χ0n) is 11.7. The summed E-state index contributed by atoms with van der Waals surface area (Å²) >= 11 is 3.12. The van der Waals surface area contributed by atoms with E-state index in [0.29, 0.717) is 4.47 Å². The molecule has 21 heavy (non-hydrogen) atoms. The van der Waals surface area contributed by atoms with Gasteiger partial charge < -0.3 is 9.64 Å². The molecule has 0 aliphatic rings. The number of primary sulfonamides is 1. The number of carbonyl (C=O) groups is 2. The van der Waals surface area contributed by atoms with Crippen LogP contribution in [-0.4, -0.2) is 45.4 Å². The maximum atomic E-state index is 12.0. The van der Waals surface area contributed by atoms with E-state index in [0.717, 1.165) is 6.07 Å². The molecule has 0 fully saturated rings. The summed E-state index contributed by atoms with van der Waals surface area (Å²) in [7, 11) is -0.874. The van der Waals surface area contributed by atoms with Crippen molar-refractivity contribution >= 4 is 37.8 Å². The lowest BCUT2D eigenvalue weighted by atomic mass is 10.2. The minimum absolute atomic E-state index is 0.0278. The third-order valence-electron chi connectivity index (χ3n) is 2.56. The molecule has 1 aromatic carbocycles. The molecule has 0 saturated heterocycles. The highest BCUT2D eigenvalue weighted by Gasteiger charge is 2.23. The van der Waals surface area contributed by atoms with Crippen LogP contribution in [-0.2, 0) is 19.6 Å². The standard InChI is InChI=1S/C12H15BrN2O5S/c1-7(11(16)15(2)3)20-12(17)9-6-8(21(14,18)19)4-5-10(9)13/h4-7H,1-3H3,(H2,14,18,19)/t7-/m0/s1. The van der Waals surface area contributed by atoms with E-state index in [4.69, 9.17) is 9.88 Å². The van der Waals surface area contributed by atoms with Gasteiger partial charge in [0.2, 0.25) is 10.0 Å². The lowest BCUT2D eigenvalue weighted by Crippen LogP contribution is -2.35. The summed E-state index contributed by atoms with van der Waals surface area (Å²) in [5.74, 6) is -1.21. The highest BCUT2D eigenvalue weighted by atomic mass is 79.9. The van der Waals surface area contributed by atoms with Crippen LogP contribution in [0, 0.1) is 0 Å². The van der Waals surface area contributed by atoms with Crippen molar-refractivity contribution in [3.63, 3.8) is 0 Å². The molecular weight excluding hydrogens is 364 g/mol. The molecule has 9 heteroatoms. The number of esters is 1. The second-order valence-electron chi connectivity index (χ2n) is 4.47. The molecule has 0 unspecified atom stereocenters. The smallest absolute Gasteiger partial charge is 0.340 e. The number of benzene rings is 1. The van der Waals surface area contributed by atoms with Crippen molar-refractivity contribution in [2.45, 2.75) is 17.9 Å². The summed E-state index contributed by atoms with van der Waals surface area (Å²) in [6, 6.07) is 3.72. The molecule has 1 rings (SSSR count). The van der Waals surface area contributed by atoms with E-state index < -0.39 is 22.1 Å². The Morgan fingerprint density at radius 2 is 1.90 bits per heavy atom. The maximum absolute atomic E-state index is 12.0. The van der Waals surface area contributed by atoms with Crippen molar-refractivity contribution < 1.29 is 22.7 Å². The summed E-state index contributed by atoms with van der Waals surface area (Å²) in [5, 5.41) is 5.01. The quantitative estimate of drug-likeness (QED) is 0.777. The van der Waals surface area contributed by atoms with Crippen molar-refractivity contribution in [2.24, 2.45) is 5.14 Å². The third-order valence-corrected chi connectivity index (χ3v) is 4.16. The number of nitrogens with two attached hydrogens (primary N) is 1. The number of carbonyl (C=O) groups excluding carboxylic acids is 2. The van der Waals surface area contributed by atoms with E-state index in [1.807, 2.05) is 0 Å². The summed E-state index contributed by atoms with van der Waals surface area (Å²) < 4.78 is 27.9. The number of sulfonamides is 1. The van der Waals surface area contributed by atoms with Gasteiger partial charge in [0, 0.05) is 18.6 Å². The van der Waals surface area contributed by atoms with Gasteiger partial charge in [-0.1, -0.05) is 0 Å². The largest absolute Gasteiger partial charge is 0.449 e. The normalized spacial score (nSPS) is 12.6. The minimum atomic E-state index is -3.94. The van der Waals surface area contributed by atoms with Crippen LogP contribution < -0.4 is 5.14 Å². The zero-order chi connectivity index (χ0) is 16.4. The van der Waals surface area contributed by atoms with Crippen LogP contribution in [0.25, 0.3) is 0 Å². The average Bonchev–Trinajstić information content (AvgIpc) is 2.36. The molecule has 116 valence electrons. The van der Waals surface area contributed by atoms with Crippen molar-refractivity contribution in [3.05, 3.63) is 28.2 Å². The molecule has 1 amide bonds. The SMILES string of the molecule is C[C@H](OC(=O)c1cc(S(N)(=O)=O)ccc1Br)C(=O)N(C)C. The number of halogens is 1. The van der Waals surface area contributed by atoms with Gasteiger partial charge in [0.15, 0.2) is 6.10 Å². The molecule has 0 aliphatic carbocycles. The molecule has 0 aromatic heterocycles. The van der Waals surface area contributed by atoms with Gasteiger partial charge in [-0.2, -0.15) is 0 Å². The number of amides is 1. The molecule has 2 N–H and O–H groups in total. The predicted octanol–water partition coefficient (Wildman–Crippen LogP) is 0.730. The molecule has 1 aromatic rings. The van der Waals surface area contributed by atoms with Gasteiger partial charge in [-0.05, 0) is 41.1 Å². The van der Waals surface area contributed by atoms with Crippen LogP contribution in [0.1, 0.15) is 17.3 Å². The van der Waals surface area contributed by atoms with Gasteiger partial charge in [-0.15, -0.1) is 0 Å². The second-order valence-corrected chi connectivity index (χ2v) is 6.88. The van der Waals surface area contributed by atoms with E-state index in [1.165, 1.54) is 38.1 Å². The molecular formula is C12H15BrN2O5S. The molecule has 1 atom stereocenters. The van der Waals surface area contributed by atoms with Crippen LogP contribution in [0.2, 0.25) is 0 Å². The molecule has 0 spiro atoms. The van der Waals surface area contributed by atoms with Crippen molar-refractivity contribution in [2.75, 3.05) is 14.1 Å². The Labute approximate surface area is 131 Å². The van der Waals surface area contributed by atoms with Gasteiger partial charge in [0.25, 0.3) is 5.91 Å². The first kappa shape index (κ1) is 17.6. The Kier molecular flexibility index (Phi) is 5.48. The molecule has 0 saturated carbocycles. The van der Waals surface area contributed by atoms with Crippen molar-refractivity contribution in [1.29, 1.82) is 0 Å².